The molecule has 6 rings (SSSR count). The molecule has 0 radical (unpaired) electrons. The molecular formula is C29H27N3O4. The van der Waals surface area contributed by atoms with Gasteiger partial charge in [0.15, 0.2) is 5.78 Å². The Kier molecular flexibility index (Phi) is 5.64. The van der Waals surface area contributed by atoms with Gasteiger partial charge in [0, 0.05) is 53.7 Å². The quantitative estimate of drug-likeness (QED) is 0.421. The van der Waals surface area contributed by atoms with Gasteiger partial charge in [0.1, 0.15) is 0 Å². The van der Waals surface area contributed by atoms with Gasteiger partial charge in [-0.05, 0) is 48.1 Å². The summed E-state index contributed by atoms with van der Waals surface area (Å²) in [6.07, 6.45) is 3.39. The summed E-state index contributed by atoms with van der Waals surface area (Å²) in [4.78, 5) is 44.5. The largest absolute Gasteiger partial charge is 0.378 e. The van der Waals surface area contributed by atoms with Crippen molar-refractivity contribution in [3.8, 4) is 22.5 Å². The number of amides is 2. The minimum absolute atomic E-state index is 0.0165. The van der Waals surface area contributed by atoms with Crippen LogP contribution in [0, 0.1) is 5.92 Å². The van der Waals surface area contributed by atoms with Crippen LogP contribution < -0.4 is 5.73 Å². The molecule has 2 aromatic carbocycles. The fraction of sp³-hybridized carbons (Fsp3) is 0.310. The lowest BCUT2D eigenvalue weighted by atomic mass is 9.99. The number of ketones is 1. The number of nitrogens with zero attached hydrogens (tertiary/aromatic N) is 2. The Morgan fingerprint density at radius 3 is 2.39 bits per heavy atom. The van der Waals surface area contributed by atoms with Crippen LogP contribution in [-0.2, 0) is 11.2 Å². The number of carbonyl (C=O) groups is 3. The van der Waals surface area contributed by atoms with Gasteiger partial charge in [-0.3, -0.25) is 14.4 Å². The van der Waals surface area contributed by atoms with E-state index in [1.807, 2.05) is 42.5 Å². The van der Waals surface area contributed by atoms with Gasteiger partial charge in [-0.1, -0.05) is 30.3 Å². The van der Waals surface area contributed by atoms with Crippen molar-refractivity contribution < 1.29 is 19.1 Å². The zero-order valence-electron chi connectivity index (χ0n) is 20.0. The average Bonchev–Trinajstić information content (AvgIpc) is 3.65. The molecule has 1 aromatic heterocycles. The highest BCUT2D eigenvalue weighted by Crippen LogP contribution is 2.39. The molecule has 7 nitrogen and oxygen atoms in total. The van der Waals surface area contributed by atoms with Crippen LogP contribution >= 0.6 is 0 Å². The van der Waals surface area contributed by atoms with E-state index in [1.165, 1.54) is 0 Å². The number of ether oxygens (including phenoxy) is 1. The second-order valence-corrected chi connectivity index (χ2v) is 9.85. The highest BCUT2D eigenvalue weighted by Gasteiger charge is 2.28. The number of rotatable bonds is 6. The second-order valence-electron chi connectivity index (χ2n) is 9.85. The smallest absolute Gasteiger partial charge is 0.254 e. The lowest BCUT2D eigenvalue weighted by Crippen LogP contribution is -2.40. The van der Waals surface area contributed by atoms with Gasteiger partial charge in [0.05, 0.1) is 24.6 Å². The van der Waals surface area contributed by atoms with Crippen LogP contribution in [0.4, 0.5) is 0 Å². The Bertz CT molecular complexity index is 1390. The van der Waals surface area contributed by atoms with Crippen molar-refractivity contribution in [2.75, 3.05) is 26.3 Å². The number of hydrogen-bond donors (Lipinski definition) is 1. The number of hydrogen-bond acceptors (Lipinski definition) is 5. The summed E-state index contributed by atoms with van der Waals surface area (Å²) < 4.78 is 5.36. The number of aromatic nitrogens is 1. The predicted molar refractivity (Wildman–Crippen MR) is 135 cm³/mol. The Labute approximate surface area is 209 Å². The standard InChI is InChI=1S/C29H27N3O4/c30-28(34)24-16-25(18-3-5-19(6-4-18)26(33)13-17-1-2-17)31-27-22-8-7-20(14-21(22)15-23(24)27)29(35)32-9-11-36-12-10-32/h3-8,14,16-17H,1-2,9-13,15H2,(H2,30,34). The molecule has 0 atom stereocenters. The molecular weight excluding hydrogens is 454 g/mol. The number of morpholine rings is 1. The van der Waals surface area contributed by atoms with E-state index in [4.69, 9.17) is 15.5 Å². The van der Waals surface area contributed by atoms with E-state index < -0.39 is 5.91 Å². The number of benzene rings is 2. The molecule has 1 saturated heterocycles. The third kappa shape index (κ3) is 4.20. The molecule has 3 aromatic rings. The van der Waals surface area contributed by atoms with Crippen molar-refractivity contribution in [1.29, 1.82) is 0 Å². The zero-order valence-corrected chi connectivity index (χ0v) is 20.0. The SMILES string of the molecule is NC(=O)c1cc(-c2ccc(C(=O)CC3CC3)cc2)nc2c1Cc1cc(C(=O)N3CCOCC3)ccc1-2. The first-order valence-electron chi connectivity index (χ1n) is 12.5. The summed E-state index contributed by atoms with van der Waals surface area (Å²) in [6, 6.07) is 14.8. The van der Waals surface area contributed by atoms with Crippen LogP contribution in [0.1, 0.15) is 61.5 Å². The summed E-state index contributed by atoms with van der Waals surface area (Å²) in [5.74, 6) is 0.180. The Hall–Kier alpha value is -3.84. The zero-order chi connectivity index (χ0) is 24.8. The summed E-state index contributed by atoms with van der Waals surface area (Å²) in [7, 11) is 0. The lowest BCUT2D eigenvalue weighted by Gasteiger charge is -2.27. The number of primary amides is 1. The average molecular weight is 482 g/mol. The van der Waals surface area contributed by atoms with Gasteiger partial charge in [-0.25, -0.2) is 4.98 Å². The van der Waals surface area contributed by atoms with Crippen LogP contribution in [0.3, 0.4) is 0 Å². The van der Waals surface area contributed by atoms with E-state index in [9.17, 15) is 14.4 Å². The molecule has 2 fully saturated rings. The van der Waals surface area contributed by atoms with E-state index in [-0.39, 0.29) is 11.7 Å². The molecule has 2 amide bonds. The van der Waals surface area contributed by atoms with Gasteiger partial charge < -0.3 is 15.4 Å². The van der Waals surface area contributed by atoms with Crippen molar-refractivity contribution in [2.24, 2.45) is 11.7 Å². The molecule has 7 heteroatoms. The lowest BCUT2D eigenvalue weighted by molar-refractivity contribution is 0.0303. The summed E-state index contributed by atoms with van der Waals surface area (Å²) >= 11 is 0. The minimum atomic E-state index is -0.511. The number of fused-ring (bicyclic) bond motifs is 3. The molecule has 36 heavy (non-hydrogen) atoms. The number of Topliss-reactive ketones (excluding diaryl/α,β-unsaturated/α-hetero) is 1. The van der Waals surface area contributed by atoms with Crippen molar-refractivity contribution in [1.82, 2.24) is 9.88 Å². The van der Waals surface area contributed by atoms with Crippen LogP contribution in [0.15, 0.2) is 48.5 Å². The first kappa shape index (κ1) is 22.6. The van der Waals surface area contributed by atoms with Crippen LogP contribution in [0.5, 0.6) is 0 Å². The Morgan fingerprint density at radius 1 is 0.972 bits per heavy atom. The number of carbonyl (C=O) groups excluding carboxylic acids is 3. The fourth-order valence-electron chi connectivity index (χ4n) is 5.11. The molecule has 3 aliphatic rings. The van der Waals surface area contributed by atoms with E-state index in [0.29, 0.717) is 67.4 Å². The van der Waals surface area contributed by atoms with Gasteiger partial charge in [-0.2, -0.15) is 0 Å². The van der Waals surface area contributed by atoms with Crippen LogP contribution in [-0.4, -0.2) is 53.8 Å². The van der Waals surface area contributed by atoms with Crippen molar-refractivity contribution >= 4 is 17.6 Å². The van der Waals surface area contributed by atoms with Gasteiger partial charge in [0.25, 0.3) is 5.91 Å². The third-order valence-electron chi connectivity index (χ3n) is 7.34. The first-order chi connectivity index (χ1) is 17.5. The van der Waals surface area contributed by atoms with Crippen molar-refractivity contribution in [2.45, 2.75) is 25.7 Å². The molecule has 1 aliphatic heterocycles. The van der Waals surface area contributed by atoms with Gasteiger partial charge in [0.2, 0.25) is 5.91 Å². The van der Waals surface area contributed by atoms with Gasteiger partial charge >= 0.3 is 0 Å². The molecule has 0 unspecified atom stereocenters. The highest BCUT2D eigenvalue weighted by atomic mass is 16.5. The third-order valence-corrected chi connectivity index (χ3v) is 7.34. The summed E-state index contributed by atoms with van der Waals surface area (Å²) in [6.45, 7) is 2.26. The molecule has 2 aliphatic carbocycles. The second kappa shape index (κ2) is 8.99. The van der Waals surface area contributed by atoms with Gasteiger partial charge in [-0.15, -0.1) is 0 Å². The van der Waals surface area contributed by atoms with E-state index >= 15 is 0 Å². The molecule has 0 spiro atoms. The Balaban J connectivity index is 1.32. The molecule has 0 bridgehead atoms. The maximum atomic E-state index is 13.0. The molecule has 2 N–H and O–H groups in total. The number of nitrogens with two attached hydrogens (primary N) is 1. The van der Waals surface area contributed by atoms with Crippen molar-refractivity contribution in [3.05, 3.63) is 76.3 Å². The maximum absolute atomic E-state index is 13.0. The normalized spacial score (nSPS) is 16.4. The first-order valence-corrected chi connectivity index (χ1v) is 12.5. The monoisotopic (exact) mass is 481 g/mol. The van der Waals surface area contributed by atoms with E-state index in [1.54, 1.807) is 11.0 Å². The van der Waals surface area contributed by atoms with Crippen LogP contribution in [0.2, 0.25) is 0 Å². The Morgan fingerprint density at radius 2 is 1.69 bits per heavy atom. The molecule has 2 heterocycles. The predicted octanol–water partition coefficient (Wildman–Crippen LogP) is 3.87. The topological polar surface area (TPSA) is 103 Å². The minimum Gasteiger partial charge on any atom is -0.378 e. The summed E-state index contributed by atoms with van der Waals surface area (Å²) in [5, 5.41) is 0. The highest BCUT2D eigenvalue weighted by molar-refractivity contribution is 6.00. The van der Waals surface area contributed by atoms with Crippen molar-refractivity contribution in [3.63, 3.8) is 0 Å². The molecule has 1 saturated carbocycles. The van der Waals surface area contributed by atoms with E-state index in [2.05, 4.69) is 0 Å². The molecule has 182 valence electrons. The summed E-state index contributed by atoms with van der Waals surface area (Å²) in [5.41, 5.74) is 12.3. The van der Waals surface area contributed by atoms with Crippen LogP contribution in [0.25, 0.3) is 22.5 Å². The maximum Gasteiger partial charge on any atom is 0.254 e. The number of pyridine rings is 1. The fourth-order valence-corrected chi connectivity index (χ4v) is 5.11. The van der Waals surface area contributed by atoms with E-state index in [0.717, 1.165) is 40.8 Å².